The van der Waals surface area contributed by atoms with E-state index in [1.807, 2.05) is 43.3 Å². The second-order valence-electron chi connectivity index (χ2n) is 12.2. The van der Waals surface area contributed by atoms with Crippen LogP contribution >= 0.6 is 0 Å². The Hall–Kier alpha value is -3.99. The molecule has 43 heavy (non-hydrogen) atoms. The molecule has 2 aromatic carbocycles. The number of aromatic nitrogens is 4. The predicted molar refractivity (Wildman–Crippen MR) is 163 cm³/mol. The fraction of sp³-hybridized carbons (Fsp3) is 0.424. The fourth-order valence-electron chi connectivity index (χ4n) is 5.35. The summed E-state index contributed by atoms with van der Waals surface area (Å²) in [6.07, 6.45) is 0.256. The van der Waals surface area contributed by atoms with Gasteiger partial charge in [-0.2, -0.15) is 0 Å². The first-order chi connectivity index (χ1) is 20.5. The third-order valence-electron chi connectivity index (χ3n) is 7.89. The molecule has 1 aliphatic heterocycles. The van der Waals surface area contributed by atoms with Crippen LogP contribution in [-0.4, -0.2) is 59.6 Å². The van der Waals surface area contributed by atoms with E-state index in [0.717, 1.165) is 35.2 Å². The Kier molecular flexibility index (Phi) is 8.73. The average Bonchev–Trinajstić information content (AvgIpc) is 3.53. The number of nitrogens with one attached hydrogen (secondary N) is 1. The lowest BCUT2D eigenvalue weighted by atomic mass is 9.84. The smallest absolute Gasteiger partial charge is 0.167 e. The molecule has 0 saturated carbocycles. The van der Waals surface area contributed by atoms with Crippen molar-refractivity contribution in [3.63, 3.8) is 0 Å². The first kappa shape index (κ1) is 30.5. The second kappa shape index (κ2) is 12.3. The van der Waals surface area contributed by atoms with Gasteiger partial charge in [0.2, 0.25) is 0 Å². The van der Waals surface area contributed by atoms with E-state index in [4.69, 9.17) is 4.74 Å². The number of nitrogens with zero attached hydrogens (tertiary/aromatic N) is 4. The predicted octanol–water partition coefficient (Wildman–Crippen LogP) is 4.98. The number of Topliss-reactive ketones (excluding diaryl/α,β-unsaturated/α-hetero) is 2. The highest BCUT2D eigenvalue weighted by Gasteiger charge is 2.47. The summed E-state index contributed by atoms with van der Waals surface area (Å²) >= 11 is 0. The van der Waals surface area contributed by atoms with Gasteiger partial charge >= 0.3 is 0 Å². The van der Waals surface area contributed by atoms with E-state index in [2.05, 4.69) is 47.1 Å². The average molecular weight is 586 g/mol. The molecule has 3 heterocycles. The van der Waals surface area contributed by atoms with Gasteiger partial charge in [0.15, 0.2) is 34.8 Å². The van der Waals surface area contributed by atoms with Crippen molar-refractivity contribution in [2.45, 2.75) is 90.3 Å². The number of rotatable bonds is 10. The minimum absolute atomic E-state index is 0.00953. The third-order valence-corrected chi connectivity index (χ3v) is 7.89. The highest BCUT2D eigenvalue weighted by atomic mass is 16.6. The van der Waals surface area contributed by atoms with E-state index < -0.39 is 24.5 Å². The molecule has 0 bridgehead atoms. The van der Waals surface area contributed by atoms with Crippen LogP contribution in [0.25, 0.3) is 11.2 Å². The molecule has 1 unspecified atom stereocenters. The van der Waals surface area contributed by atoms with Crippen molar-refractivity contribution < 1.29 is 24.5 Å². The summed E-state index contributed by atoms with van der Waals surface area (Å²) in [4.78, 5) is 38.2. The Balaban J connectivity index is 1.22. The van der Waals surface area contributed by atoms with Crippen LogP contribution in [0, 0.1) is 6.92 Å². The van der Waals surface area contributed by atoms with Crippen molar-refractivity contribution in [3.8, 4) is 0 Å². The van der Waals surface area contributed by atoms with Gasteiger partial charge in [0.05, 0.1) is 6.33 Å². The molecule has 0 aliphatic carbocycles. The van der Waals surface area contributed by atoms with Crippen molar-refractivity contribution in [3.05, 3.63) is 77.4 Å². The monoisotopic (exact) mass is 585 g/mol. The van der Waals surface area contributed by atoms with E-state index in [9.17, 15) is 19.8 Å². The van der Waals surface area contributed by atoms with E-state index in [1.165, 1.54) is 22.8 Å². The van der Waals surface area contributed by atoms with Crippen molar-refractivity contribution in [1.29, 1.82) is 0 Å². The first-order valence-electron chi connectivity index (χ1n) is 14.7. The molecule has 4 aromatic rings. The minimum atomic E-state index is -1.34. The van der Waals surface area contributed by atoms with Crippen LogP contribution in [0.5, 0.6) is 0 Å². The van der Waals surface area contributed by atoms with Gasteiger partial charge in [0.25, 0.3) is 0 Å². The number of aryl methyl sites for hydroxylation is 2. The van der Waals surface area contributed by atoms with Gasteiger partial charge in [-0.05, 0) is 60.6 Å². The van der Waals surface area contributed by atoms with Crippen LogP contribution in [-0.2, 0) is 21.4 Å². The highest BCUT2D eigenvalue weighted by Crippen LogP contribution is 2.33. The number of ether oxygens (including phenoxy) is 1. The van der Waals surface area contributed by atoms with Crippen LogP contribution in [0.15, 0.2) is 55.1 Å². The topological polar surface area (TPSA) is 139 Å². The summed E-state index contributed by atoms with van der Waals surface area (Å²) < 4.78 is 7.23. The molecule has 3 N–H and O–H groups in total. The molecule has 226 valence electrons. The fourth-order valence-corrected chi connectivity index (χ4v) is 5.35. The summed E-state index contributed by atoms with van der Waals surface area (Å²) in [6, 6.07) is 14.1. The first-order valence-corrected chi connectivity index (χ1v) is 14.7. The number of aliphatic hydroxyl groups is 2. The molecule has 1 aliphatic rings. The number of imidazole rings is 1. The molecule has 5 rings (SSSR count). The van der Waals surface area contributed by atoms with Crippen molar-refractivity contribution >= 4 is 34.2 Å². The largest absolute Gasteiger partial charge is 0.387 e. The van der Waals surface area contributed by atoms with Gasteiger partial charge in [-0.25, -0.2) is 15.0 Å². The summed E-state index contributed by atoms with van der Waals surface area (Å²) in [6.45, 7) is 10.2. The number of benzene rings is 2. The van der Waals surface area contributed by atoms with E-state index >= 15 is 0 Å². The number of hydrogen-bond acceptors (Lipinski definition) is 9. The molecule has 0 radical (unpaired) electrons. The van der Waals surface area contributed by atoms with Crippen molar-refractivity contribution in [2.24, 2.45) is 0 Å². The Morgan fingerprint density at radius 2 is 1.77 bits per heavy atom. The van der Waals surface area contributed by atoms with E-state index in [0.29, 0.717) is 23.4 Å². The number of hydrogen-bond donors (Lipinski definition) is 3. The van der Waals surface area contributed by atoms with Crippen LogP contribution in [0.1, 0.15) is 80.2 Å². The lowest BCUT2D eigenvalue weighted by Gasteiger charge is -2.20. The van der Waals surface area contributed by atoms with Crippen LogP contribution in [0.2, 0.25) is 0 Å². The SMILES string of the molecule is CCC(=O)[C@H]1O[C@@H](n2cnc3c(Nc4ccc(CCCC(=O)c5cc(C)cc(C(C)(C)C)c5)cc4)ncnc32)[C@@H](O)C1O. The second-order valence-corrected chi connectivity index (χ2v) is 12.2. The quantitative estimate of drug-likeness (QED) is 0.220. The van der Waals surface area contributed by atoms with Gasteiger partial charge in [-0.3, -0.25) is 14.2 Å². The van der Waals surface area contributed by atoms with Crippen LogP contribution in [0.3, 0.4) is 0 Å². The van der Waals surface area contributed by atoms with Gasteiger partial charge in [0, 0.05) is 24.1 Å². The van der Waals surface area contributed by atoms with Crippen molar-refractivity contribution in [1.82, 2.24) is 19.5 Å². The van der Waals surface area contributed by atoms with Gasteiger partial charge in [-0.1, -0.05) is 51.5 Å². The molecule has 4 atom stereocenters. The number of carbonyl (C=O) groups excluding carboxylic acids is 2. The lowest BCUT2D eigenvalue weighted by Crippen LogP contribution is -2.35. The van der Waals surface area contributed by atoms with Gasteiger partial charge < -0.3 is 20.3 Å². The molecule has 1 saturated heterocycles. The zero-order valence-electron chi connectivity index (χ0n) is 25.2. The number of anilines is 2. The summed E-state index contributed by atoms with van der Waals surface area (Å²) in [7, 11) is 0. The maximum Gasteiger partial charge on any atom is 0.167 e. The maximum atomic E-state index is 12.9. The Morgan fingerprint density at radius 3 is 2.47 bits per heavy atom. The summed E-state index contributed by atoms with van der Waals surface area (Å²) in [5.41, 5.74) is 5.81. The third kappa shape index (κ3) is 6.51. The molecule has 10 nitrogen and oxygen atoms in total. The molecule has 10 heteroatoms. The summed E-state index contributed by atoms with van der Waals surface area (Å²) in [5, 5.41) is 24.2. The van der Waals surface area contributed by atoms with E-state index in [1.54, 1.807) is 6.92 Å². The van der Waals surface area contributed by atoms with Crippen LogP contribution < -0.4 is 5.32 Å². The normalized spacial score (nSPS) is 20.4. The van der Waals surface area contributed by atoms with Crippen molar-refractivity contribution in [2.75, 3.05) is 5.32 Å². The highest BCUT2D eigenvalue weighted by molar-refractivity contribution is 5.96. The standard InChI is InChI=1S/C33H39N5O5/c1-6-24(39)29-27(41)28(42)32(43-29)38-18-36-26-30(34-17-35-31(26)38)37-23-12-10-20(11-13-23)8-7-9-25(40)21-14-19(2)15-22(16-21)33(3,4)5/h10-18,27-29,32,41-42H,6-9H2,1-5H3,(H,34,35,37)/t27?,28-,29+,32+/m0/s1. The van der Waals surface area contributed by atoms with Crippen LogP contribution in [0.4, 0.5) is 11.5 Å². The molecule has 2 aromatic heterocycles. The zero-order chi connectivity index (χ0) is 30.9. The van der Waals surface area contributed by atoms with Gasteiger partial charge in [-0.15, -0.1) is 0 Å². The Labute approximate surface area is 251 Å². The number of ketones is 2. The summed E-state index contributed by atoms with van der Waals surface area (Å²) in [5.74, 6) is 0.341. The molecular formula is C33H39N5O5. The van der Waals surface area contributed by atoms with E-state index in [-0.39, 0.29) is 23.4 Å². The lowest BCUT2D eigenvalue weighted by molar-refractivity contribution is -0.135. The minimum Gasteiger partial charge on any atom is -0.387 e. The Morgan fingerprint density at radius 1 is 1.02 bits per heavy atom. The number of fused-ring (bicyclic) bond motifs is 1. The number of carbonyl (C=O) groups is 2. The molecule has 0 spiro atoms. The Bertz CT molecular complexity index is 1630. The number of aliphatic hydroxyl groups excluding tert-OH is 2. The zero-order valence-corrected chi connectivity index (χ0v) is 25.2. The molecule has 0 amide bonds. The molecular weight excluding hydrogens is 546 g/mol. The maximum absolute atomic E-state index is 12.9. The molecule has 1 fully saturated rings. The van der Waals surface area contributed by atoms with Gasteiger partial charge in [0.1, 0.15) is 24.6 Å².